The Hall–Kier alpha value is -3.28. The Morgan fingerprint density at radius 3 is 2.12 bits per heavy atom. The van der Waals surface area contributed by atoms with E-state index in [1.165, 1.54) is 29.8 Å². The summed E-state index contributed by atoms with van der Waals surface area (Å²) in [6.45, 7) is 4.61. The number of rotatable bonds is 5. The van der Waals surface area contributed by atoms with Crippen LogP contribution in [0.15, 0.2) is 71.8 Å². The molecule has 1 amide bonds. The first kappa shape index (κ1) is 26.9. The van der Waals surface area contributed by atoms with E-state index in [1.54, 1.807) is 24.3 Å². The molecule has 4 nitrogen and oxygen atoms in total. The minimum absolute atomic E-state index is 0.00653. The van der Waals surface area contributed by atoms with E-state index in [1.807, 2.05) is 6.08 Å². The standard InChI is InChI=1S/C34H37F2NO3/c1-33-17-15-22(32(39)40)19-23(33)7-12-26-27-13-14-29(34(27,2)18-16-28(26)33)31(38)37-30(20-3-8-24(35)9-4-20)21-5-10-25(36)11-6-21/h3-11,19,26-30H,12-18H2,1-2H3,(H,37,38)(H,39,40)/t26-,27-,28-,29+,33-,34-/m0/s1. The predicted molar refractivity (Wildman–Crippen MR) is 149 cm³/mol. The van der Waals surface area contributed by atoms with Crippen molar-refractivity contribution in [1.82, 2.24) is 5.32 Å². The maximum atomic E-state index is 14.0. The van der Waals surface area contributed by atoms with Gasteiger partial charge in [0, 0.05) is 11.5 Å². The number of benzene rings is 2. The molecule has 0 heterocycles. The molecule has 2 aromatic rings. The van der Waals surface area contributed by atoms with Gasteiger partial charge in [-0.1, -0.05) is 44.2 Å². The lowest BCUT2D eigenvalue weighted by Gasteiger charge is -2.57. The number of carbonyl (C=O) groups excluding carboxylic acids is 1. The summed E-state index contributed by atoms with van der Waals surface area (Å²) in [5.74, 6) is -0.233. The molecule has 0 aromatic heterocycles. The van der Waals surface area contributed by atoms with Crippen molar-refractivity contribution in [2.24, 2.45) is 34.5 Å². The molecule has 2 fully saturated rings. The summed E-state index contributed by atoms with van der Waals surface area (Å²) in [6, 6.07) is 11.8. The molecule has 210 valence electrons. The molecular formula is C34H37F2NO3. The molecule has 0 aliphatic heterocycles. The topological polar surface area (TPSA) is 66.4 Å². The van der Waals surface area contributed by atoms with Crippen molar-refractivity contribution in [3.8, 4) is 0 Å². The molecule has 2 N–H and O–H groups in total. The average molecular weight is 546 g/mol. The van der Waals surface area contributed by atoms with Gasteiger partial charge in [-0.15, -0.1) is 0 Å². The van der Waals surface area contributed by atoms with Crippen molar-refractivity contribution in [3.05, 3.63) is 94.6 Å². The van der Waals surface area contributed by atoms with Gasteiger partial charge in [-0.3, -0.25) is 4.79 Å². The molecule has 0 bridgehead atoms. The number of hydrogen-bond acceptors (Lipinski definition) is 2. The van der Waals surface area contributed by atoms with Crippen molar-refractivity contribution >= 4 is 11.9 Å². The van der Waals surface area contributed by atoms with Gasteiger partial charge >= 0.3 is 5.97 Å². The van der Waals surface area contributed by atoms with Crippen LogP contribution in [0.5, 0.6) is 0 Å². The molecular weight excluding hydrogens is 508 g/mol. The number of hydrogen-bond donors (Lipinski definition) is 2. The highest BCUT2D eigenvalue weighted by atomic mass is 19.1. The smallest absolute Gasteiger partial charge is 0.331 e. The Morgan fingerprint density at radius 1 is 0.900 bits per heavy atom. The Bertz CT molecular complexity index is 1340. The van der Waals surface area contributed by atoms with E-state index >= 15 is 0 Å². The number of halogens is 2. The number of amides is 1. The summed E-state index contributed by atoms with van der Waals surface area (Å²) < 4.78 is 27.4. The molecule has 6 atom stereocenters. The Kier molecular flexibility index (Phi) is 6.71. The van der Waals surface area contributed by atoms with Gasteiger partial charge in [-0.25, -0.2) is 13.6 Å². The highest BCUT2D eigenvalue weighted by Gasteiger charge is 2.59. The summed E-state index contributed by atoms with van der Waals surface area (Å²) in [5.41, 5.74) is 3.08. The van der Waals surface area contributed by atoms with Crippen LogP contribution in [-0.4, -0.2) is 17.0 Å². The number of nitrogens with one attached hydrogen (secondary N) is 1. The fraction of sp³-hybridized carbons (Fsp3) is 0.471. The lowest BCUT2D eigenvalue weighted by atomic mass is 9.48. The lowest BCUT2D eigenvalue weighted by Crippen LogP contribution is -2.51. The molecule has 0 unspecified atom stereocenters. The van der Waals surface area contributed by atoms with Crippen LogP contribution in [0.1, 0.15) is 76.0 Å². The Labute approximate surface area is 234 Å². The predicted octanol–water partition coefficient (Wildman–Crippen LogP) is 7.37. The van der Waals surface area contributed by atoms with Gasteiger partial charge in [0.05, 0.1) is 6.04 Å². The van der Waals surface area contributed by atoms with Crippen molar-refractivity contribution in [3.63, 3.8) is 0 Å². The van der Waals surface area contributed by atoms with Crippen LogP contribution >= 0.6 is 0 Å². The summed E-state index contributed by atoms with van der Waals surface area (Å²) in [7, 11) is 0. The zero-order valence-corrected chi connectivity index (χ0v) is 23.1. The highest BCUT2D eigenvalue weighted by molar-refractivity contribution is 5.87. The SMILES string of the molecule is C[C@]12CC[C@H]3[C@@H](CC=C4C=C(C(=O)O)CC[C@@]43C)[C@@H]1CC[C@@H]2C(=O)NC(c1ccc(F)cc1)c1ccc(F)cc1. The number of carbonyl (C=O) groups is 2. The van der Waals surface area contributed by atoms with Gasteiger partial charge in [-0.05, 0) is 121 Å². The summed E-state index contributed by atoms with van der Waals surface area (Å²) in [5, 5.41) is 12.8. The van der Waals surface area contributed by atoms with Crippen molar-refractivity contribution < 1.29 is 23.5 Å². The van der Waals surface area contributed by atoms with Crippen LogP contribution in [0.25, 0.3) is 0 Å². The van der Waals surface area contributed by atoms with Crippen molar-refractivity contribution in [1.29, 1.82) is 0 Å². The fourth-order valence-corrected chi connectivity index (χ4v) is 8.84. The zero-order valence-electron chi connectivity index (χ0n) is 23.1. The summed E-state index contributed by atoms with van der Waals surface area (Å²) >= 11 is 0. The van der Waals surface area contributed by atoms with Gasteiger partial charge < -0.3 is 10.4 Å². The van der Waals surface area contributed by atoms with Gasteiger partial charge in [0.1, 0.15) is 11.6 Å². The molecule has 4 aliphatic carbocycles. The lowest BCUT2D eigenvalue weighted by molar-refractivity contribution is -0.133. The fourth-order valence-electron chi connectivity index (χ4n) is 8.84. The van der Waals surface area contributed by atoms with Crippen LogP contribution in [-0.2, 0) is 9.59 Å². The van der Waals surface area contributed by atoms with Crippen LogP contribution in [0.4, 0.5) is 8.78 Å². The van der Waals surface area contributed by atoms with Crippen molar-refractivity contribution in [2.75, 3.05) is 0 Å². The van der Waals surface area contributed by atoms with Gasteiger partial charge in [-0.2, -0.15) is 0 Å². The van der Waals surface area contributed by atoms with Crippen LogP contribution in [0.3, 0.4) is 0 Å². The minimum atomic E-state index is -0.814. The normalized spacial score (nSPS) is 32.8. The number of allylic oxidation sites excluding steroid dienone is 3. The maximum Gasteiger partial charge on any atom is 0.331 e. The van der Waals surface area contributed by atoms with Crippen LogP contribution in [0.2, 0.25) is 0 Å². The Morgan fingerprint density at radius 2 is 1.52 bits per heavy atom. The third-order valence-corrected chi connectivity index (χ3v) is 11.1. The maximum absolute atomic E-state index is 14.0. The second kappa shape index (κ2) is 9.97. The van der Waals surface area contributed by atoms with E-state index in [-0.39, 0.29) is 34.3 Å². The quantitative estimate of drug-likeness (QED) is 0.412. The average Bonchev–Trinajstić information content (AvgIpc) is 3.29. The molecule has 0 radical (unpaired) electrons. The summed E-state index contributed by atoms with van der Waals surface area (Å²) in [6.07, 6.45) is 10.4. The number of carboxylic acid groups (broad SMARTS) is 1. The molecule has 2 saturated carbocycles. The minimum Gasteiger partial charge on any atom is -0.478 e. The van der Waals surface area contributed by atoms with Gasteiger partial charge in [0.25, 0.3) is 0 Å². The third kappa shape index (κ3) is 4.40. The second-order valence-electron chi connectivity index (χ2n) is 12.9. The third-order valence-electron chi connectivity index (χ3n) is 11.1. The first-order valence-corrected chi connectivity index (χ1v) is 14.6. The van der Waals surface area contributed by atoms with Gasteiger partial charge in [0.2, 0.25) is 5.91 Å². The van der Waals surface area contributed by atoms with Crippen LogP contribution < -0.4 is 5.32 Å². The first-order chi connectivity index (χ1) is 19.1. The van der Waals surface area contributed by atoms with Gasteiger partial charge in [0.15, 0.2) is 0 Å². The first-order valence-electron chi connectivity index (χ1n) is 14.6. The highest BCUT2D eigenvalue weighted by Crippen LogP contribution is 2.66. The number of carboxylic acids is 1. The Balaban J connectivity index is 1.25. The van der Waals surface area contributed by atoms with E-state index < -0.39 is 12.0 Å². The van der Waals surface area contributed by atoms with E-state index in [9.17, 15) is 23.5 Å². The van der Waals surface area contributed by atoms with E-state index in [0.717, 1.165) is 49.7 Å². The molecule has 6 heteroatoms. The molecule has 40 heavy (non-hydrogen) atoms. The largest absolute Gasteiger partial charge is 0.478 e. The molecule has 4 aliphatic rings. The number of aliphatic carboxylic acids is 1. The molecule has 0 spiro atoms. The zero-order chi connectivity index (χ0) is 28.2. The second-order valence-corrected chi connectivity index (χ2v) is 12.9. The monoisotopic (exact) mass is 545 g/mol. The van der Waals surface area contributed by atoms with E-state index in [2.05, 4.69) is 25.2 Å². The summed E-state index contributed by atoms with van der Waals surface area (Å²) in [4.78, 5) is 25.6. The molecule has 0 saturated heterocycles. The number of fused-ring (bicyclic) bond motifs is 5. The van der Waals surface area contributed by atoms with E-state index in [0.29, 0.717) is 29.7 Å². The molecule has 6 rings (SSSR count). The molecule has 2 aromatic carbocycles. The van der Waals surface area contributed by atoms with Crippen LogP contribution in [0, 0.1) is 46.1 Å². The van der Waals surface area contributed by atoms with E-state index in [4.69, 9.17) is 0 Å². The van der Waals surface area contributed by atoms with Crippen molar-refractivity contribution in [2.45, 2.75) is 64.8 Å².